The molecule has 2 aromatic carbocycles. The molecule has 2 rings (SSSR count). The van der Waals surface area contributed by atoms with E-state index in [9.17, 15) is 75.4 Å². The van der Waals surface area contributed by atoms with Gasteiger partial charge in [0.15, 0.2) is 8.32 Å². The number of carbonyl (C=O) groups excluding carboxylic acids is 2. The average Bonchev–Trinajstić information content (AvgIpc) is 3.23. The number of alkyl halides is 17. The van der Waals surface area contributed by atoms with Gasteiger partial charge in [0.25, 0.3) is 0 Å². The largest absolute Gasteiger partial charge is 0.497 e. The minimum absolute atomic E-state index is 0.116. The summed E-state index contributed by atoms with van der Waals surface area (Å²) in [4.78, 5) is 24.6. The van der Waals surface area contributed by atoms with E-state index >= 15 is 8.78 Å². The van der Waals surface area contributed by atoms with Crippen molar-refractivity contribution in [3.05, 3.63) is 78.4 Å². The number of halogens is 17. The molecule has 0 aromatic heterocycles. The van der Waals surface area contributed by atoms with Crippen molar-refractivity contribution in [2.24, 2.45) is 5.92 Å². The summed E-state index contributed by atoms with van der Waals surface area (Å²) in [6.07, 6.45) is -6.56. The molecule has 0 aliphatic rings. The van der Waals surface area contributed by atoms with Gasteiger partial charge in [-0.3, -0.25) is 5.32 Å². The Bertz CT molecular complexity index is 2000. The van der Waals surface area contributed by atoms with Crippen LogP contribution in [0.15, 0.2) is 72.8 Å². The van der Waals surface area contributed by atoms with Crippen LogP contribution in [0.4, 0.5) is 85.1 Å². The molecule has 26 heteroatoms. The highest BCUT2D eigenvalue weighted by Gasteiger charge is 2.95. The van der Waals surface area contributed by atoms with Crippen molar-refractivity contribution in [1.29, 1.82) is 0 Å². The summed E-state index contributed by atoms with van der Waals surface area (Å²) in [6.45, 7) is 7.76. The third kappa shape index (κ3) is 12.5. The maximum atomic E-state index is 15.0. The molecular formula is C42H48F17NO7Si. The van der Waals surface area contributed by atoms with Crippen LogP contribution in [0.5, 0.6) is 11.5 Å². The van der Waals surface area contributed by atoms with Gasteiger partial charge in [0.1, 0.15) is 24.2 Å². The molecule has 0 unspecified atom stereocenters. The van der Waals surface area contributed by atoms with Crippen molar-refractivity contribution >= 4 is 26.1 Å². The van der Waals surface area contributed by atoms with Crippen LogP contribution >= 0.6 is 0 Å². The number of amides is 1. The average molecular weight is 1030 g/mol. The zero-order valence-corrected chi connectivity index (χ0v) is 38.1. The molecule has 0 aliphatic heterocycles. The first-order valence-electron chi connectivity index (χ1n) is 20.2. The Kier molecular flexibility index (Phi) is 19.5. The summed E-state index contributed by atoms with van der Waals surface area (Å²) in [6, 6.07) is 10.7. The minimum atomic E-state index is -8.70. The lowest BCUT2D eigenvalue weighted by Gasteiger charge is -2.44. The Morgan fingerprint density at radius 3 is 1.60 bits per heavy atom. The molecule has 0 bridgehead atoms. The molecule has 2 aromatic rings. The number of esters is 1. The Balaban J connectivity index is 2.31. The summed E-state index contributed by atoms with van der Waals surface area (Å²) in [5, 5.41) is 2.57. The Morgan fingerprint density at radius 2 is 1.13 bits per heavy atom. The van der Waals surface area contributed by atoms with Crippen molar-refractivity contribution < 1.29 is 108 Å². The van der Waals surface area contributed by atoms with Gasteiger partial charge >= 0.3 is 59.7 Å². The van der Waals surface area contributed by atoms with Crippen molar-refractivity contribution in [2.75, 3.05) is 32.2 Å². The number of carbonyl (C=O) groups is 2. The maximum Gasteiger partial charge on any atom is 0.460 e. The van der Waals surface area contributed by atoms with E-state index in [1.54, 1.807) is 44.2 Å². The van der Waals surface area contributed by atoms with Gasteiger partial charge in [-0.1, -0.05) is 65.0 Å². The second-order valence-corrected chi connectivity index (χ2v) is 20.7. The standard InChI is InChI=1S/C42H48F17NO7Si/c1-8-64-32(61)12-10-9-11-27(6)33(67-34(62)60-29-15-19-30(63-7)20-16-29)28-13-17-31(18-14-28)65-22-23-66-68(25(2)3,26(4)5)24-21-35(43,44)36(45,46)37(47,48)38(49,50)39(51,52)40(53,54)41(55,56)42(57,58)59/h9-20,25-27,33H,8,21-24H2,1-7H3,(H,60,62)/b11-9+,12-10+/t27-,33-/m0/s1. The third-order valence-electron chi connectivity index (χ3n) is 10.6. The van der Waals surface area contributed by atoms with Crippen LogP contribution in [0.1, 0.15) is 59.6 Å². The van der Waals surface area contributed by atoms with Gasteiger partial charge in [0.2, 0.25) is 0 Å². The highest BCUT2D eigenvalue weighted by Crippen LogP contribution is 2.64. The van der Waals surface area contributed by atoms with Crippen molar-refractivity contribution in [2.45, 2.75) is 119 Å². The fourth-order valence-corrected chi connectivity index (χ4v) is 11.0. The second-order valence-electron chi connectivity index (χ2n) is 15.7. The quantitative estimate of drug-likeness (QED) is 0.0264. The summed E-state index contributed by atoms with van der Waals surface area (Å²) in [7, 11) is -2.57. The summed E-state index contributed by atoms with van der Waals surface area (Å²) < 4.78 is 263. The fourth-order valence-electron chi connectivity index (χ4n) is 6.58. The Morgan fingerprint density at radius 1 is 0.647 bits per heavy atom. The van der Waals surface area contributed by atoms with Crippen LogP contribution in [-0.2, 0) is 18.7 Å². The summed E-state index contributed by atoms with van der Waals surface area (Å²) >= 11 is 0. The first-order valence-corrected chi connectivity index (χ1v) is 22.4. The van der Waals surface area contributed by atoms with Gasteiger partial charge in [-0.05, 0) is 66.0 Å². The minimum Gasteiger partial charge on any atom is -0.497 e. The number of rotatable bonds is 25. The van der Waals surface area contributed by atoms with Crippen LogP contribution in [0, 0.1) is 5.92 Å². The summed E-state index contributed by atoms with van der Waals surface area (Å²) in [5.74, 6) is -57.4. The first kappa shape index (κ1) is 59.4. The zero-order valence-electron chi connectivity index (χ0n) is 37.1. The number of benzene rings is 2. The summed E-state index contributed by atoms with van der Waals surface area (Å²) in [5.41, 5.74) is -1.02. The predicted molar refractivity (Wildman–Crippen MR) is 214 cm³/mol. The molecule has 8 nitrogen and oxygen atoms in total. The van der Waals surface area contributed by atoms with E-state index in [2.05, 4.69) is 5.32 Å². The van der Waals surface area contributed by atoms with Gasteiger partial charge in [0, 0.05) is 24.1 Å². The predicted octanol–water partition coefficient (Wildman–Crippen LogP) is 13.9. The molecule has 0 aliphatic carbocycles. The van der Waals surface area contributed by atoms with E-state index in [4.69, 9.17) is 23.4 Å². The SMILES string of the molecule is CCOC(=O)/C=C/C=C/[C@H](C)[C@H](OC(=O)Nc1ccc(OC)cc1)c1ccc(OCCO[Si](CCC(F)(F)C(F)(F)C(F)(F)C(F)(F)C(F)(F)C(F)(F)C(F)(F)C(F)(F)F)(C(C)C)C(C)C)cc1. The Hall–Kier alpha value is -4.75. The molecule has 2 atom stereocenters. The monoisotopic (exact) mass is 1030 g/mol. The van der Waals surface area contributed by atoms with Crippen LogP contribution in [-0.4, -0.2) is 94.9 Å². The lowest BCUT2D eigenvalue weighted by molar-refractivity contribution is -0.461. The number of hydrogen-bond donors (Lipinski definition) is 1. The van der Waals surface area contributed by atoms with Gasteiger partial charge in [0.05, 0.1) is 20.3 Å². The number of anilines is 1. The maximum absolute atomic E-state index is 15.0. The Labute approximate surface area is 380 Å². The first-order chi connectivity index (χ1) is 31.0. The normalized spacial score (nSPS) is 15.0. The molecule has 1 N–H and O–H groups in total. The van der Waals surface area contributed by atoms with E-state index in [0.29, 0.717) is 17.0 Å². The van der Waals surface area contributed by atoms with E-state index in [-0.39, 0.29) is 12.4 Å². The van der Waals surface area contributed by atoms with Gasteiger partial charge in [-0.15, -0.1) is 0 Å². The van der Waals surface area contributed by atoms with Crippen molar-refractivity contribution in [1.82, 2.24) is 0 Å². The van der Waals surface area contributed by atoms with E-state index < -0.39 is 117 Å². The number of ether oxygens (including phenoxy) is 4. The molecule has 0 fully saturated rings. The molecule has 0 radical (unpaired) electrons. The van der Waals surface area contributed by atoms with Crippen LogP contribution in [0.25, 0.3) is 0 Å². The molecule has 68 heavy (non-hydrogen) atoms. The van der Waals surface area contributed by atoms with E-state index in [1.165, 1.54) is 71.2 Å². The van der Waals surface area contributed by atoms with Crippen LogP contribution in [0.2, 0.25) is 17.1 Å². The number of nitrogens with one attached hydrogen (secondary N) is 1. The molecular weight excluding hydrogens is 982 g/mol. The second kappa shape index (κ2) is 22.3. The zero-order chi connectivity index (χ0) is 52.5. The highest BCUT2D eigenvalue weighted by molar-refractivity contribution is 6.76. The molecule has 0 saturated heterocycles. The number of allylic oxidation sites excluding steroid dienone is 2. The molecule has 0 spiro atoms. The topological polar surface area (TPSA) is 92.3 Å². The highest BCUT2D eigenvalue weighted by atomic mass is 28.4. The number of methoxy groups -OCH3 is 1. The molecule has 0 heterocycles. The lowest BCUT2D eigenvalue weighted by Crippen LogP contribution is -2.74. The fraction of sp³-hybridized carbons (Fsp3) is 0.571. The van der Waals surface area contributed by atoms with Gasteiger partial charge in [-0.25, -0.2) is 9.59 Å². The lowest BCUT2D eigenvalue weighted by atomic mass is 9.88. The molecule has 0 saturated carbocycles. The van der Waals surface area contributed by atoms with Gasteiger partial charge < -0.3 is 23.4 Å². The number of hydrogen-bond acceptors (Lipinski definition) is 7. The van der Waals surface area contributed by atoms with Crippen LogP contribution in [0.3, 0.4) is 0 Å². The molecule has 1 amide bonds. The van der Waals surface area contributed by atoms with Crippen molar-refractivity contribution in [3.8, 4) is 11.5 Å². The van der Waals surface area contributed by atoms with Gasteiger partial charge in [-0.2, -0.15) is 74.6 Å². The smallest absolute Gasteiger partial charge is 0.460 e. The third-order valence-corrected chi connectivity index (χ3v) is 16.3. The van der Waals surface area contributed by atoms with E-state index in [1.807, 2.05) is 0 Å². The van der Waals surface area contributed by atoms with Crippen molar-refractivity contribution in [3.63, 3.8) is 0 Å². The van der Waals surface area contributed by atoms with Crippen LogP contribution < -0.4 is 14.8 Å². The van der Waals surface area contributed by atoms with E-state index in [0.717, 1.165) is 6.08 Å². The molecule has 386 valence electrons.